The molecule has 2 saturated carbocycles. The molecule has 13 nitrogen and oxygen atoms in total. The van der Waals surface area contributed by atoms with Crippen molar-refractivity contribution in [1.29, 1.82) is 0 Å². The van der Waals surface area contributed by atoms with Gasteiger partial charge in [0.05, 0.1) is 62.9 Å². The van der Waals surface area contributed by atoms with Crippen LogP contribution >= 0.6 is 0 Å². The number of likely N-dealkylation sites (tertiary alicyclic amines) is 2. The largest absolute Gasteiger partial charge is 0.496 e. The van der Waals surface area contributed by atoms with E-state index in [9.17, 15) is 14.4 Å². The molecule has 0 unspecified atom stereocenters. The highest BCUT2D eigenvalue weighted by molar-refractivity contribution is 6.74. The third-order valence-electron chi connectivity index (χ3n) is 15.2. The number of carbonyl (C=O) groups is 3. The Morgan fingerprint density at radius 2 is 1.28 bits per heavy atom. The van der Waals surface area contributed by atoms with E-state index in [2.05, 4.69) is 79.6 Å². The molecule has 354 valence electrons. The van der Waals surface area contributed by atoms with E-state index in [1.165, 1.54) is 13.2 Å². The van der Waals surface area contributed by atoms with Gasteiger partial charge in [-0.1, -0.05) is 54.2 Å². The minimum absolute atomic E-state index is 0.00277. The third kappa shape index (κ3) is 11.0. The quantitative estimate of drug-likeness (QED) is 0.0640. The molecule has 64 heavy (non-hydrogen) atoms. The molecule has 3 N–H and O–H groups in total. The Morgan fingerprint density at radius 1 is 0.781 bits per heavy atom. The molecule has 2 aromatic carbocycles. The van der Waals surface area contributed by atoms with E-state index < -0.39 is 22.7 Å². The first kappa shape index (κ1) is 49.4. The number of nitrogens with one attached hydrogen (secondary N) is 1. The van der Waals surface area contributed by atoms with Gasteiger partial charge in [0.25, 0.3) is 11.8 Å². The summed E-state index contributed by atoms with van der Waals surface area (Å²) in [5.41, 5.74) is 9.19. The predicted octanol–water partition coefficient (Wildman–Crippen LogP) is 10.1. The normalized spacial score (nSPS) is 20.1. The molecule has 2 spiro atoms. The summed E-state index contributed by atoms with van der Waals surface area (Å²) in [5, 5.41) is 2.90. The number of anilines is 2. The van der Waals surface area contributed by atoms with Crippen LogP contribution in [0.15, 0.2) is 36.9 Å². The van der Waals surface area contributed by atoms with Crippen LogP contribution in [0.5, 0.6) is 17.2 Å². The number of carbonyl (C=O) groups excluding carboxylic acids is 3. The average Bonchev–Trinajstić information content (AvgIpc) is 4.09. The summed E-state index contributed by atoms with van der Waals surface area (Å²) in [6.07, 6.45) is 8.13. The second-order valence-corrected chi connectivity index (χ2v) is 31.6. The van der Waals surface area contributed by atoms with Gasteiger partial charge >= 0.3 is 6.09 Å². The summed E-state index contributed by atoms with van der Waals surface area (Å²) in [7, 11) is -0.950. The van der Waals surface area contributed by atoms with Crippen molar-refractivity contribution in [2.75, 3.05) is 64.8 Å². The highest BCUT2D eigenvalue weighted by Gasteiger charge is 2.55. The summed E-state index contributed by atoms with van der Waals surface area (Å²) in [6, 6.07) is 6.78. The first-order valence-electron chi connectivity index (χ1n) is 23.1. The number of benzene rings is 2. The Labute approximate surface area is 384 Å². The van der Waals surface area contributed by atoms with Crippen molar-refractivity contribution in [2.45, 2.75) is 141 Å². The van der Waals surface area contributed by atoms with Crippen molar-refractivity contribution in [3.63, 3.8) is 0 Å². The number of nitrogen functional groups attached to an aromatic ring is 1. The Kier molecular flexibility index (Phi) is 14.4. The molecule has 15 heteroatoms. The number of aryl methyl sites for hydroxylation is 1. The highest BCUT2D eigenvalue weighted by atomic mass is 28.4. The zero-order valence-electron chi connectivity index (χ0n) is 40.8. The minimum atomic E-state index is -2.07. The van der Waals surface area contributed by atoms with Gasteiger partial charge in [0.1, 0.15) is 12.4 Å². The maximum absolute atomic E-state index is 14.6. The molecule has 2 aliphatic carbocycles. The van der Waals surface area contributed by atoms with Gasteiger partial charge in [-0.3, -0.25) is 14.9 Å². The summed E-state index contributed by atoms with van der Waals surface area (Å²) >= 11 is 0. The van der Waals surface area contributed by atoms with Crippen molar-refractivity contribution in [3.8, 4) is 17.2 Å². The van der Waals surface area contributed by atoms with E-state index in [0.717, 1.165) is 50.6 Å². The van der Waals surface area contributed by atoms with E-state index in [1.54, 1.807) is 25.3 Å². The van der Waals surface area contributed by atoms with Gasteiger partial charge in [-0.05, 0) is 122 Å². The smallest absolute Gasteiger partial charge is 0.411 e. The zero-order chi connectivity index (χ0) is 47.0. The molecule has 2 aliphatic heterocycles. The van der Waals surface area contributed by atoms with Crippen molar-refractivity contribution in [1.82, 2.24) is 9.80 Å². The standard InChI is InChI=1S/C49H76N4O9Si2/c1-14-21-60-45(56)51-39-26-42(41(58-9)25-37(39)44(55)53-32-49(19-20-49)28-35(53)30-62-64(12,13)47(5,6)7)59-22-15-16-33-23-38(50)36(24-40(33)57-8)43(54)52-31-48(17-18-48)27-34(52)29-61-63(10,11)46(2,3)4/h14,23-26,34-35H,1,15-22,27-32,50H2,2-13H3,(H,51,56)/t34-,35-/m0/s1. The molecule has 3 amide bonds. The van der Waals surface area contributed by atoms with Gasteiger partial charge in [-0.15, -0.1) is 0 Å². The lowest BCUT2D eigenvalue weighted by Crippen LogP contribution is -2.46. The second kappa shape index (κ2) is 18.7. The number of ether oxygens (including phenoxy) is 4. The van der Waals surface area contributed by atoms with Crippen LogP contribution in [0.4, 0.5) is 16.2 Å². The van der Waals surface area contributed by atoms with Crippen LogP contribution in [-0.4, -0.2) is 110 Å². The summed E-state index contributed by atoms with van der Waals surface area (Å²) in [5.74, 6) is 0.997. The zero-order valence-corrected chi connectivity index (χ0v) is 42.8. The van der Waals surface area contributed by atoms with Crippen molar-refractivity contribution in [3.05, 3.63) is 53.6 Å². The van der Waals surface area contributed by atoms with Crippen LogP contribution in [0, 0.1) is 10.8 Å². The fourth-order valence-corrected chi connectivity index (χ4v) is 10.7. The van der Waals surface area contributed by atoms with Crippen molar-refractivity contribution >= 4 is 45.9 Å². The molecule has 2 saturated heterocycles. The van der Waals surface area contributed by atoms with Crippen molar-refractivity contribution < 1.29 is 42.2 Å². The number of nitrogens with two attached hydrogens (primary N) is 1. The summed E-state index contributed by atoms with van der Waals surface area (Å²) in [6.45, 7) is 28.6. The average molecular weight is 921 g/mol. The van der Waals surface area contributed by atoms with Crippen LogP contribution < -0.4 is 25.3 Å². The maximum atomic E-state index is 14.6. The number of nitrogens with zero attached hydrogens (tertiary/aromatic N) is 2. The first-order chi connectivity index (χ1) is 29.9. The molecule has 0 aromatic heterocycles. The molecular weight excluding hydrogens is 845 g/mol. The summed E-state index contributed by atoms with van der Waals surface area (Å²) < 4.78 is 36.5. The number of amides is 3. The van der Waals surface area contributed by atoms with E-state index in [1.807, 2.05) is 15.9 Å². The first-order valence-corrected chi connectivity index (χ1v) is 29.0. The SMILES string of the molecule is C=CCOC(=O)Nc1cc(OCCCc2cc(N)c(C(=O)N3CC4(CC4)C[C@H]3CO[Si](C)(C)C(C)(C)C)cc2OC)c(OC)cc1C(=O)N1CC2(CC2)C[C@H]1CO[Si](C)(C)C(C)(C)C. The van der Waals surface area contributed by atoms with Crippen LogP contribution in [-0.2, 0) is 20.0 Å². The fraction of sp³-hybridized carbons (Fsp3) is 0.653. The molecule has 2 atom stereocenters. The van der Waals surface area contributed by atoms with Gasteiger partial charge in [-0.2, -0.15) is 0 Å². The van der Waals surface area contributed by atoms with E-state index in [-0.39, 0.29) is 69.3 Å². The van der Waals surface area contributed by atoms with Gasteiger partial charge in [0, 0.05) is 24.8 Å². The highest BCUT2D eigenvalue weighted by Crippen LogP contribution is 2.56. The molecule has 2 heterocycles. The van der Waals surface area contributed by atoms with Crippen LogP contribution in [0.25, 0.3) is 0 Å². The van der Waals surface area contributed by atoms with E-state index in [4.69, 9.17) is 33.5 Å². The molecule has 0 radical (unpaired) electrons. The number of rotatable bonds is 18. The second-order valence-electron chi connectivity index (χ2n) is 22.0. The molecule has 6 rings (SSSR count). The third-order valence-corrected chi connectivity index (χ3v) is 24.2. The van der Waals surface area contributed by atoms with Crippen molar-refractivity contribution in [2.24, 2.45) is 10.8 Å². The maximum Gasteiger partial charge on any atom is 0.411 e. The topological polar surface area (TPSA) is 151 Å². The van der Waals surface area contributed by atoms with Gasteiger partial charge in [-0.25, -0.2) is 4.79 Å². The van der Waals surface area contributed by atoms with E-state index in [0.29, 0.717) is 61.1 Å². The predicted molar refractivity (Wildman–Crippen MR) is 258 cm³/mol. The van der Waals surface area contributed by atoms with Gasteiger partial charge < -0.3 is 43.3 Å². The summed E-state index contributed by atoms with van der Waals surface area (Å²) in [4.78, 5) is 45.7. The monoisotopic (exact) mass is 921 g/mol. The van der Waals surface area contributed by atoms with E-state index >= 15 is 0 Å². The Morgan fingerprint density at radius 3 is 1.75 bits per heavy atom. The molecule has 4 fully saturated rings. The molecular formula is C49H76N4O9Si2. The molecule has 4 aliphatic rings. The number of methoxy groups -OCH3 is 2. The lowest BCUT2D eigenvalue weighted by molar-refractivity contribution is 0.0674. The Bertz CT molecular complexity index is 2070. The molecule has 0 bridgehead atoms. The Balaban J connectivity index is 1.16. The fourth-order valence-electron chi connectivity index (χ4n) is 8.58. The van der Waals surface area contributed by atoms with Crippen LogP contribution in [0.2, 0.25) is 36.3 Å². The lowest BCUT2D eigenvalue weighted by Gasteiger charge is -2.38. The lowest BCUT2D eigenvalue weighted by atomic mass is 10.0. The van der Waals surface area contributed by atoms with Crippen LogP contribution in [0.3, 0.4) is 0 Å². The minimum Gasteiger partial charge on any atom is -0.496 e. The molecule has 2 aromatic rings. The number of hydrogen-bond acceptors (Lipinski definition) is 10. The Hall–Kier alpha value is -4.06. The van der Waals surface area contributed by atoms with Crippen LogP contribution in [0.1, 0.15) is 113 Å². The number of hydrogen-bond donors (Lipinski definition) is 2. The van der Waals surface area contributed by atoms with Gasteiger partial charge in [0.15, 0.2) is 28.1 Å². The van der Waals surface area contributed by atoms with Gasteiger partial charge in [0.2, 0.25) is 0 Å².